The molecule has 1 aromatic carbocycles. The second kappa shape index (κ2) is 7.63. The van der Waals surface area contributed by atoms with Gasteiger partial charge in [0.15, 0.2) is 0 Å². The van der Waals surface area contributed by atoms with E-state index in [1.54, 1.807) is 18.2 Å². The fourth-order valence-electron chi connectivity index (χ4n) is 3.81. The van der Waals surface area contributed by atoms with Crippen LogP contribution in [-0.4, -0.2) is 39.2 Å². The first kappa shape index (κ1) is 20.7. The van der Waals surface area contributed by atoms with Gasteiger partial charge in [-0.2, -0.15) is 0 Å². The van der Waals surface area contributed by atoms with E-state index >= 15 is 0 Å². The number of benzene rings is 1. The number of carbonyl (C=O) groups is 1. The van der Waals surface area contributed by atoms with Crippen molar-refractivity contribution in [2.75, 3.05) is 0 Å². The number of carbonyl (C=O) groups excluding carboxylic acids is 1. The van der Waals surface area contributed by atoms with Crippen molar-refractivity contribution in [3.63, 3.8) is 0 Å². The van der Waals surface area contributed by atoms with E-state index in [2.05, 4.69) is 67.6 Å². The van der Waals surface area contributed by atoms with Crippen LogP contribution in [0.25, 0.3) is 10.0 Å². The molecule has 4 rings (SSSR count). The number of halogens is 3. The zero-order chi connectivity index (χ0) is 20.2. The maximum atomic E-state index is 12.2. The molecule has 1 aliphatic carbocycles. The molecule has 0 saturated heterocycles. The summed E-state index contributed by atoms with van der Waals surface area (Å²) in [5.74, 6) is 0.255. The summed E-state index contributed by atoms with van der Waals surface area (Å²) in [5, 5.41) is 13.0. The van der Waals surface area contributed by atoms with Gasteiger partial charge in [0.1, 0.15) is 0 Å². The summed E-state index contributed by atoms with van der Waals surface area (Å²) in [7, 11) is -2.38. The van der Waals surface area contributed by atoms with E-state index in [4.69, 9.17) is 4.99 Å². The van der Waals surface area contributed by atoms with Gasteiger partial charge in [0.25, 0.3) is 0 Å². The topological polar surface area (TPSA) is 49.7 Å². The summed E-state index contributed by atoms with van der Waals surface area (Å²) in [5.41, 5.74) is 2.62. The third-order valence-electron chi connectivity index (χ3n) is 5.05. The number of hydrogen-bond donors (Lipinski definition) is 1. The van der Waals surface area contributed by atoms with E-state index < -0.39 is 8.07 Å². The summed E-state index contributed by atoms with van der Waals surface area (Å²) >= 11 is 9.77. The first-order valence-electron chi connectivity index (χ1n) is 8.42. The van der Waals surface area contributed by atoms with E-state index in [0.717, 1.165) is 49.2 Å². The Labute approximate surface area is 200 Å². The number of aliphatic imine (C=N–C) groups is 1. The van der Waals surface area contributed by atoms with E-state index in [1.165, 1.54) is 0 Å². The average Bonchev–Trinajstić information content (AvgIpc) is 2.91. The van der Waals surface area contributed by atoms with E-state index in [1.807, 2.05) is 18.2 Å². The summed E-state index contributed by atoms with van der Waals surface area (Å²) in [6.07, 6.45) is 7.04. The van der Waals surface area contributed by atoms with Crippen LogP contribution in [-0.2, 0) is 4.79 Å². The Morgan fingerprint density at radius 1 is 1.36 bits per heavy atom. The fourth-order valence-corrected chi connectivity index (χ4v) is 13.5. The van der Waals surface area contributed by atoms with Crippen LogP contribution in [0, 0.1) is 3.57 Å². The molecule has 0 fully saturated rings. The second-order valence-electron chi connectivity index (χ2n) is 6.80. The molecule has 2 aromatic rings. The van der Waals surface area contributed by atoms with Crippen molar-refractivity contribution in [3.8, 4) is 15.8 Å². The van der Waals surface area contributed by atoms with Crippen LogP contribution in [0.1, 0.15) is 0 Å². The Kier molecular flexibility index (Phi) is 5.65. The number of fused-ring (bicyclic) bond motifs is 2. The minimum absolute atomic E-state index is 0.00803. The molecule has 28 heavy (non-hydrogen) atoms. The summed E-state index contributed by atoms with van der Waals surface area (Å²) in [6.45, 7) is 6.23. The Morgan fingerprint density at radius 2 is 2.11 bits per heavy atom. The molecule has 1 aromatic heterocycles. The zero-order valence-corrected chi connectivity index (χ0v) is 22.8. The SMILES string of the molecule is C=CC[Si]1(C)C2=CC(=O)C=CC2=Nc2ccc(O)c(-c3[se]c(Br)c(I)c3Br)c21. The van der Waals surface area contributed by atoms with Crippen molar-refractivity contribution >= 4 is 99.4 Å². The Balaban J connectivity index is 2.12. The minimum atomic E-state index is -2.38. The molecule has 3 nitrogen and oxygen atoms in total. The maximum absolute atomic E-state index is 12.2. The normalized spacial score (nSPS) is 20.4. The van der Waals surface area contributed by atoms with Gasteiger partial charge in [-0.3, -0.25) is 0 Å². The van der Waals surface area contributed by atoms with Gasteiger partial charge in [0, 0.05) is 0 Å². The van der Waals surface area contributed by atoms with Crippen molar-refractivity contribution in [3.05, 3.63) is 59.6 Å². The summed E-state index contributed by atoms with van der Waals surface area (Å²) in [6, 6.07) is 4.39. The van der Waals surface area contributed by atoms with Gasteiger partial charge in [-0.25, -0.2) is 0 Å². The monoisotopic (exact) mass is 693 g/mol. The standard InChI is InChI=1S/C20H14Br2INO2SeSi/c1-3-8-28(2)14-9-10(25)4-5-11(14)24-12-6-7-13(26)15(19(12)28)18-16(21)17(23)20(22)27-18/h3-7,9,26H,1,8H2,2H3. The number of phenolic OH excluding ortho intramolecular Hbond substituents is 1. The van der Waals surface area contributed by atoms with Gasteiger partial charge in [-0.15, -0.1) is 0 Å². The van der Waals surface area contributed by atoms with Gasteiger partial charge in [0.2, 0.25) is 0 Å². The number of rotatable bonds is 3. The molecule has 8 heteroatoms. The van der Waals surface area contributed by atoms with Crippen LogP contribution in [0.4, 0.5) is 5.69 Å². The third-order valence-corrected chi connectivity index (χ3v) is 17.5. The Hall–Kier alpha value is -0.514. The van der Waals surface area contributed by atoms with Gasteiger partial charge >= 0.3 is 202 Å². The van der Waals surface area contributed by atoms with Crippen LogP contribution in [0.2, 0.25) is 12.6 Å². The summed E-state index contributed by atoms with van der Waals surface area (Å²) in [4.78, 5) is 17.0. The van der Waals surface area contributed by atoms with Crippen molar-refractivity contribution in [2.24, 2.45) is 4.99 Å². The van der Waals surface area contributed by atoms with E-state index in [0.29, 0.717) is 0 Å². The van der Waals surface area contributed by atoms with Crippen LogP contribution in [0.3, 0.4) is 0 Å². The molecule has 142 valence electrons. The number of aromatic hydroxyl groups is 1. The Bertz CT molecular complexity index is 1150. The number of phenols is 1. The molecule has 0 radical (unpaired) electrons. The molecule has 2 aliphatic rings. The number of ketones is 1. The predicted molar refractivity (Wildman–Crippen MR) is 134 cm³/mol. The molecule has 1 N–H and O–H groups in total. The molecular formula is C20H14Br2INO2SeSi. The van der Waals surface area contributed by atoms with Crippen molar-refractivity contribution < 1.29 is 9.90 Å². The van der Waals surface area contributed by atoms with Crippen LogP contribution < -0.4 is 5.19 Å². The molecule has 1 atom stereocenters. The number of hydrogen-bond acceptors (Lipinski definition) is 3. The second-order valence-corrected chi connectivity index (χ2v) is 16.9. The van der Waals surface area contributed by atoms with Gasteiger partial charge in [-0.1, -0.05) is 0 Å². The van der Waals surface area contributed by atoms with Crippen molar-refractivity contribution in [2.45, 2.75) is 12.6 Å². The first-order chi connectivity index (χ1) is 13.3. The molecular weight excluding hydrogens is 680 g/mol. The number of nitrogens with zero attached hydrogens (tertiary/aromatic N) is 1. The third kappa shape index (κ3) is 3.16. The zero-order valence-electron chi connectivity index (χ0n) is 14.7. The predicted octanol–water partition coefficient (Wildman–Crippen LogP) is 5.41. The van der Waals surface area contributed by atoms with Crippen LogP contribution in [0.15, 0.2) is 61.0 Å². The number of allylic oxidation sites excluding steroid dienone is 5. The molecule has 0 spiro atoms. The molecule has 0 saturated carbocycles. The van der Waals surface area contributed by atoms with Gasteiger partial charge in [0.05, 0.1) is 0 Å². The van der Waals surface area contributed by atoms with Crippen LogP contribution in [0.5, 0.6) is 5.75 Å². The first-order valence-corrected chi connectivity index (χ1v) is 15.5. The quantitative estimate of drug-likeness (QED) is 0.203. The van der Waals surface area contributed by atoms with Crippen LogP contribution >= 0.6 is 54.5 Å². The molecule has 2 heterocycles. The van der Waals surface area contributed by atoms with Crippen molar-refractivity contribution in [1.82, 2.24) is 0 Å². The van der Waals surface area contributed by atoms with Crippen molar-refractivity contribution in [1.29, 1.82) is 0 Å². The van der Waals surface area contributed by atoms with E-state index in [-0.39, 0.29) is 26.0 Å². The van der Waals surface area contributed by atoms with E-state index in [9.17, 15) is 9.90 Å². The van der Waals surface area contributed by atoms with Gasteiger partial charge < -0.3 is 0 Å². The molecule has 0 bridgehead atoms. The average molecular weight is 694 g/mol. The molecule has 0 amide bonds. The van der Waals surface area contributed by atoms with Gasteiger partial charge in [-0.05, 0) is 0 Å². The Morgan fingerprint density at radius 3 is 2.75 bits per heavy atom. The summed E-state index contributed by atoms with van der Waals surface area (Å²) < 4.78 is 4.41. The fraction of sp³-hybridized carbons (Fsp3) is 0.100. The molecule has 1 unspecified atom stereocenters. The molecule has 1 aliphatic heterocycles.